The summed E-state index contributed by atoms with van der Waals surface area (Å²) in [4.78, 5) is 19.6. The molecule has 1 aliphatic carbocycles. The monoisotopic (exact) mass is 443 g/mol. The third-order valence-corrected chi connectivity index (χ3v) is 8.08. The van der Waals surface area contributed by atoms with Crippen LogP contribution in [-0.4, -0.2) is 50.3 Å². The van der Waals surface area contributed by atoms with Crippen molar-refractivity contribution in [3.05, 3.63) is 48.0 Å². The predicted octanol–water partition coefficient (Wildman–Crippen LogP) is 4.28. The van der Waals surface area contributed by atoms with E-state index in [0.717, 1.165) is 60.3 Å². The van der Waals surface area contributed by atoms with E-state index in [4.69, 9.17) is 15.5 Å². The van der Waals surface area contributed by atoms with E-state index >= 15 is 0 Å². The van der Waals surface area contributed by atoms with Gasteiger partial charge in [-0.2, -0.15) is 0 Å². The number of fused-ring (bicyclic) bond motifs is 3. The average Bonchev–Trinajstić information content (AvgIpc) is 3.46. The maximum Gasteiger partial charge on any atom is 0.306 e. The molecule has 1 saturated carbocycles. The number of pyridine rings is 1. The number of hydrogen-bond donors (Lipinski definition) is 1. The molecule has 3 aromatic rings. The van der Waals surface area contributed by atoms with E-state index in [2.05, 4.69) is 54.3 Å². The summed E-state index contributed by atoms with van der Waals surface area (Å²) in [5.41, 5.74) is 12.9. The highest BCUT2D eigenvalue weighted by molar-refractivity contribution is 5.94. The number of aromatic nitrogens is 1. The number of nitrogen functional groups attached to an aromatic ring is 1. The first-order valence-corrected chi connectivity index (χ1v) is 12.1. The maximum absolute atomic E-state index is 12.6. The van der Waals surface area contributed by atoms with Crippen LogP contribution >= 0.6 is 0 Å². The van der Waals surface area contributed by atoms with Crippen LogP contribution in [0.3, 0.4) is 0 Å². The lowest BCUT2D eigenvalue weighted by Crippen LogP contribution is -2.54. The van der Waals surface area contributed by atoms with Gasteiger partial charge in [0.15, 0.2) is 0 Å². The van der Waals surface area contributed by atoms with Gasteiger partial charge in [0.05, 0.1) is 31.0 Å². The number of morpholine rings is 1. The molecule has 2 aliphatic heterocycles. The fraction of sp³-hybridized carbons (Fsp3) is 0.407. The minimum Gasteiger partial charge on any atom is -0.382 e. The van der Waals surface area contributed by atoms with Crippen molar-refractivity contribution in [2.24, 2.45) is 5.92 Å². The maximum atomic E-state index is 12.6. The molecule has 2 bridgehead atoms. The number of ether oxygens (including phenoxy) is 1. The predicted molar refractivity (Wildman–Crippen MR) is 133 cm³/mol. The van der Waals surface area contributed by atoms with E-state index in [-0.39, 0.29) is 0 Å². The highest BCUT2D eigenvalue weighted by atomic mass is 16.5. The van der Waals surface area contributed by atoms with Crippen LogP contribution in [-0.2, 0) is 9.53 Å². The molecular formula is C27H31N4O2+. The zero-order chi connectivity index (χ0) is 22.6. The molecule has 33 heavy (non-hydrogen) atoms. The Kier molecular flexibility index (Phi) is 4.89. The molecule has 3 fully saturated rings. The number of quaternary nitrogens is 1. The quantitative estimate of drug-likeness (QED) is 0.482. The van der Waals surface area contributed by atoms with Gasteiger partial charge in [-0.1, -0.05) is 18.2 Å². The van der Waals surface area contributed by atoms with Crippen molar-refractivity contribution in [1.29, 1.82) is 0 Å². The summed E-state index contributed by atoms with van der Waals surface area (Å²) in [5.74, 6) is 1.22. The van der Waals surface area contributed by atoms with Gasteiger partial charge in [0.25, 0.3) is 0 Å². The van der Waals surface area contributed by atoms with Gasteiger partial charge < -0.3 is 15.4 Å². The molecule has 6 heteroatoms. The number of benzene rings is 2. The van der Waals surface area contributed by atoms with Gasteiger partial charge in [-0.25, -0.2) is 14.3 Å². The Bertz CT molecular complexity index is 1240. The second kappa shape index (κ2) is 7.82. The van der Waals surface area contributed by atoms with E-state index in [1.165, 1.54) is 24.0 Å². The number of aryl methyl sites for hydroxylation is 1. The van der Waals surface area contributed by atoms with Crippen LogP contribution in [0.5, 0.6) is 0 Å². The number of nitrogens with zero attached hydrogens (tertiary/aromatic N) is 3. The van der Waals surface area contributed by atoms with Gasteiger partial charge in [-0.3, -0.25) is 0 Å². The highest BCUT2D eigenvalue weighted by Crippen LogP contribution is 2.49. The number of piperidine rings is 1. The van der Waals surface area contributed by atoms with Crippen molar-refractivity contribution in [2.75, 3.05) is 43.5 Å². The van der Waals surface area contributed by atoms with Gasteiger partial charge in [0.2, 0.25) is 0 Å². The number of rotatable bonds is 4. The van der Waals surface area contributed by atoms with E-state index < -0.39 is 0 Å². The third kappa shape index (κ3) is 3.23. The molecule has 170 valence electrons. The average molecular weight is 444 g/mol. The number of anilines is 2. The number of carbonyl (C=O) groups excluding carboxylic acids is 1. The van der Waals surface area contributed by atoms with E-state index in [1.807, 2.05) is 0 Å². The van der Waals surface area contributed by atoms with Crippen LogP contribution in [0.15, 0.2) is 42.5 Å². The number of likely N-dealkylation sites (tertiary alicyclic amines) is 1. The van der Waals surface area contributed by atoms with Gasteiger partial charge in [-0.05, 0) is 42.7 Å². The van der Waals surface area contributed by atoms with Crippen LogP contribution < -0.4 is 15.1 Å². The molecule has 1 aromatic heterocycles. The smallest absolute Gasteiger partial charge is 0.306 e. The van der Waals surface area contributed by atoms with Crippen molar-refractivity contribution >= 4 is 34.5 Å². The fourth-order valence-corrected chi connectivity index (χ4v) is 6.46. The van der Waals surface area contributed by atoms with Crippen LogP contribution in [0.25, 0.3) is 22.0 Å². The molecule has 3 atom stereocenters. The zero-order valence-corrected chi connectivity index (χ0v) is 19.2. The summed E-state index contributed by atoms with van der Waals surface area (Å²) >= 11 is 0. The van der Waals surface area contributed by atoms with Gasteiger partial charge in [0, 0.05) is 48.9 Å². The minimum atomic E-state index is 0.405. The Hall–Kier alpha value is -2.96. The molecule has 0 radical (unpaired) electrons. The lowest BCUT2D eigenvalue weighted by Gasteiger charge is -2.37. The highest BCUT2D eigenvalue weighted by Gasteiger charge is 2.53. The molecule has 1 unspecified atom stereocenters. The van der Waals surface area contributed by atoms with Crippen LogP contribution in [0.1, 0.15) is 24.8 Å². The molecule has 2 aromatic carbocycles. The van der Waals surface area contributed by atoms with Gasteiger partial charge >= 0.3 is 6.41 Å². The Morgan fingerprint density at radius 3 is 2.73 bits per heavy atom. The number of hydrogen-bond acceptors (Lipinski definition) is 5. The summed E-state index contributed by atoms with van der Waals surface area (Å²) in [7, 11) is 0. The molecule has 3 heterocycles. The standard InChI is InChI=1S/C27H31N4O2/c1-18-3-2-4-25(31(17-32)16-19-5-7-22(31)13-19)26(18)20-6-8-23-21(14-20)15-24(27(28)29-23)30-9-11-33-12-10-30/h2-4,6,8,14-15,17,19,22H,5,7,9-13,16H2,1H3,(H2,28,29)/q+1/t19-,22+,31?/m0/s1. The van der Waals surface area contributed by atoms with Crippen molar-refractivity contribution in [3.63, 3.8) is 0 Å². The summed E-state index contributed by atoms with van der Waals surface area (Å²) in [6.45, 7) is 6.13. The molecule has 2 saturated heterocycles. The summed E-state index contributed by atoms with van der Waals surface area (Å²) in [6.07, 6.45) is 4.77. The van der Waals surface area contributed by atoms with E-state index in [9.17, 15) is 4.79 Å². The lowest BCUT2D eigenvalue weighted by molar-refractivity contribution is -0.118. The Balaban J connectivity index is 1.48. The summed E-state index contributed by atoms with van der Waals surface area (Å²) in [5, 5.41) is 1.07. The van der Waals surface area contributed by atoms with Crippen molar-refractivity contribution < 1.29 is 9.53 Å². The number of carbonyl (C=O) groups is 1. The van der Waals surface area contributed by atoms with Crippen LogP contribution in [0.2, 0.25) is 0 Å². The Labute approximate surface area is 194 Å². The largest absolute Gasteiger partial charge is 0.382 e. The fourth-order valence-electron chi connectivity index (χ4n) is 6.46. The van der Waals surface area contributed by atoms with Crippen LogP contribution in [0, 0.1) is 12.8 Å². The molecule has 6 nitrogen and oxygen atoms in total. The number of amides is 1. The first-order chi connectivity index (χ1) is 16.1. The molecule has 0 spiro atoms. The molecule has 1 amide bonds. The number of nitrogens with two attached hydrogens (primary N) is 1. The zero-order valence-electron chi connectivity index (χ0n) is 19.2. The third-order valence-electron chi connectivity index (χ3n) is 8.08. The van der Waals surface area contributed by atoms with Crippen molar-refractivity contribution in [3.8, 4) is 11.1 Å². The molecule has 3 aliphatic rings. The second-order valence-electron chi connectivity index (χ2n) is 9.92. The Morgan fingerprint density at radius 2 is 2.00 bits per heavy atom. The Morgan fingerprint density at radius 1 is 1.15 bits per heavy atom. The molecule has 2 N–H and O–H groups in total. The minimum absolute atomic E-state index is 0.405. The lowest BCUT2D eigenvalue weighted by atomic mass is 9.94. The molecule has 6 rings (SSSR count). The SMILES string of the molecule is Cc1cccc([N+]2(C=O)C[C@H]3CC[C@@H]2C3)c1-c1ccc2nc(N)c(N3CCOCC3)cc2c1. The molecular weight excluding hydrogens is 412 g/mol. The topological polar surface area (TPSA) is 68.5 Å². The summed E-state index contributed by atoms with van der Waals surface area (Å²) in [6, 6.07) is 15.4. The summed E-state index contributed by atoms with van der Waals surface area (Å²) < 4.78 is 5.98. The second-order valence-corrected chi connectivity index (χ2v) is 9.92. The van der Waals surface area contributed by atoms with Crippen molar-refractivity contribution in [1.82, 2.24) is 9.47 Å². The first kappa shape index (κ1) is 20.6. The van der Waals surface area contributed by atoms with Gasteiger partial charge in [-0.15, -0.1) is 0 Å². The normalized spacial score (nSPS) is 26.8. The van der Waals surface area contributed by atoms with Gasteiger partial charge in [0.1, 0.15) is 17.5 Å². The van der Waals surface area contributed by atoms with E-state index in [1.54, 1.807) is 0 Å². The van der Waals surface area contributed by atoms with E-state index in [0.29, 0.717) is 35.5 Å². The van der Waals surface area contributed by atoms with Crippen molar-refractivity contribution in [2.45, 2.75) is 32.2 Å². The first-order valence-electron chi connectivity index (χ1n) is 12.1. The van der Waals surface area contributed by atoms with Crippen LogP contribution in [0.4, 0.5) is 17.2 Å².